The molecule has 3 rings (SSSR count). The maximum atomic E-state index is 11.8. The van der Waals surface area contributed by atoms with Gasteiger partial charge in [-0.15, -0.1) is 0 Å². The predicted octanol–water partition coefficient (Wildman–Crippen LogP) is 2.71. The van der Waals surface area contributed by atoms with E-state index < -0.39 is 5.97 Å². The zero-order valence-corrected chi connectivity index (χ0v) is 10.9. The number of rotatable bonds is 2. The van der Waals surface area contributed by atoms with Crippen molar-refractivity contribution in [2.45, 2.75) is 6.92 Å². The fraction of sp³-hybridized carbons (Fsp3) is 0.154. The Bertz CT molecular complexity index is 782. The third kappa shape index (κ3) is 1.82. The number of fused-ring (bicyclic) bond motifs is 3. The molecule has 0 fully saturated rings. The van der Waals surface area contributed by atoms with Crippen LogP contribution in [0.1, 0.15) is 17.3 Å². The van der Waals surface area contributed by atoms with Crippen LogP contribution in [0.25, 0.3) is 16.6 Å². The maximum Gasteiger partial charge on any atom is 0.343 e. The lowest BCUT2D eigenvalue weighted by Crippen LogP contribution is -2.05. The molecule has 5 nitrogen and oxygen atoms in total. The predicted molar refractivity (Wildman–Crippen MR) is 71.5 cm³/mol. The molecule has 6 heteroatoms. The molecule has 1 aromatic carbocycles. The molecular formula is C13H10ClN3O2. The Kier molecular flexibility index (Phi) is 2.83. The average molecular weight is 276 g/mol. The van der Waals surface area contributed by atoms with E-state index in [2.05, 4.69) is 10.1 Å². The normalized spacial score (nSPS) is 11.1. The summed E-state index contributed by atoms with van der Waals surface area (Å²) in [5.41, 5.74) is 1.52. The number of ether oxygens (including phenoxy) is 1. The molecule has 0 aliphatic heterocycles. The lowest BCUT2D eigenvalue weighted by molar-refractivity contribution is 0.0528. The quantitative estimate of drug-likeness (QED) is 0.533. The topological polar surface area (TPSA) is 56.5 Å². The molecule has 96 valence electrons. The minimum absolute atomic E-state index is 0.303. The molecule has 0 amide bonds. The van der Waals surface area contributed by atoms with E-state index in [1.54, 1.807) is 11.4 Å². The van der Waals surface area contributed by atoms with Crippen LogP contribution in [0, 0.1) is 0 Å². The number of benzene rings is 1. The summed E-state index contributed by atoms with van der Waals surface area (Å²) in [6.07, 6.45) is 1.45. The van der Waals surface area contributed by atoms with Crippen molar-refractivity contribution >= 4 is 34.1 Å². The van der Waals surface area contributed by atoms with Crippen LogP contribution >= 0.6 is 11.6 Å². The summed E-state index contributed by atoms with van der Waals surface area (Å²) >= 11 is 6.14. The first-order valence-electron chi connectivity index (χ1n) is 5.81. The average Bonchev–Trinajstić information content (AvgIpc) is 2.83. The molecule has 0 spiro atoms. The van der Waals surface area contributed by atoms with Crippen molar-refractivity contribution in [3.8, 4) is 0 Å². The van der Waals surface area contributed by atoms with Crippen molar-refractivity contribution in [1.82, 2.24) is 14.6 Å². The molecule has 0 unspecified atom stereocenters. The monoisotopic (exact) mass is 275 g/mol. The van der Waals surface area contributed by atoms with Crippen molar-refractivity contribution in [2.24, 2.45) is 0 Å². The highest BCUT2D eigenvalue weighted by Crippen LogP contribution is 2.24. The zero-order chi connectivity index (χ0) is 13.4. The van der Waals surface area contributed by atoms with Gasteiger partial charge < -0.3 is 4.74 Å². The summed E-state index contributed by atoms with van der Waals surface area (Å²) in [7, 11) is 0. The van der Waals surface area contributed by atoms with Gasteiger partial charge in [0.25, 0.3) is 0 Å². The maximum absolute atomic E-state index is 11.8. The Morgan fingerprint density at radius 3 is 3.00 bits per heavy atom. The first-order valence-corrected chi connectivity index (χ1v) is 6.19. The number of esters is 1. The van der Waals surface area contributed by atoms with Gasteiger partial charge in [0.2, 0.25) is 0 Å². The number of aromatic nitrogens is 3. The van der Waals surface area contributed by atoms with Gasteiger partial charge in [-0.05, 0) is 19.1 Å². The Morgan fingerprint density at radius 1 is 1.42 bits per heavy atom. The van der Waals surface area contributed by atoms with Gasteiger partial charge in [0, 0.05) is 5.39 Å². The summed E-state index contributed by atoms with van der Waals surface area (Å²) in [6, 6.07) is 7.48. The Labute approximate surface area is 113 Å². The first kappa shape index (κ1) is 11.9. The van der Waals surface area contributed by atoms with Crippen molar-refractivity contribution < 1.29 is 9.53 Å². The number of hydrogen-bond donors (Lipinski definition) is 0. The van der Waals surface area contributed by atoms with Crippen molar-refractivity contribution in [2.75, 3.05) is 6.61 Å². The fourth-order valence-corrected chi connectivity index (χ4v) is 2.20. The number of halogens is 1. The van der Waals surface area contributed by atoms with Crippen LogP contribution in [-0.2, 0) is 4.74 Å². The summed E-state index contributed by atoms with van der Waals surface area (Å²) in [5.74, 6) is -0.448. The van der Waals surface area contributed by atoms with Crippen LogP contribution in [0.4, 0.5) is 0 Å². The third-order valence-corrected chi connectivity index (χ3v) is 3.09. The second kappa shape index (κ2) is 4.51. The summed E-state index contributed by atoms with van der Waals surface area (Å²) in [4.78, 5) is 16.0. The van der Waals surface area contributed by atoms with Gasteiger partial charge in [-0.3, -0.25) is 0 Å². The van der Waals surface area contributed by atoms with E-state index in [1.165, 1.54) is 6.20 Å². The molecule has 19 heavy (non-hydrogen) atoms. The molecule has 3 aromatic rings. The molecule has 0 aliphatic carbocycles. The number of carbonyl (C=O) groups excluding carboxylic acids is 1. The van der Waals surface area contributed by atoms with E-state index in [0.29, 0.717) is 23.0 Å². The zero-order valence-electron chi connectivity index (χ0n) is 10.1. The molecule has 0 bridgehead atoms. The second-order valence-corrected chi connectivity index (χ2v) is 4.29. The van der Waals surface area contributed by atoms with Gasteiger partial charge >= 0.3 is 5.97 Å². The highest BCUT2D eigenvalue weighted by molar-refractivity contribution is 6.34. The van der Waals surface area contributed by atoms with Crippen LogP contribution in [-0.4, -0.2) is 27.2 Å². The van der Waals surface area contributed by atoms with Crippen LogP contribution in [0.3, 0.4) is 0 Å². The van der Waals surface area contributed by atoms with Gasteiger partial charge in [-0.25, -0.2) is 14.3 Å². The molecule has 2 aromatic heterocycles. The van der Waals surface area contributed by atoms with E-state index in [0.717, 1.165) is 10.9 Å². The summed E-state index contributed by atoms with van der Waals surface area (Å²) in [5, 5.41) is 5.31. The van der Waals surface area contributed by atoms with Crippen LogP contribution in [0.2, 0.25) is 5.15 Å². The minimum Gasteiger partial charge on any atom is -0.462 e. The minimum atomic E-state index is -0.448. The second-order valence-electron chi connectivity index (χ2n) is 3.93. The lowest BCUT2D eigenvalue weighted by atomic mass is 10.2. The molecule has 0 atom stereocenters. The van der Waals surface area contributed by atoms with E-state index in [1.807, 2.05) is 24.3 Å². The van der Waals surface area contributed by atoms with Gasteiger partial charge in [0.05, 0.1) is 18.3 Å². The largest absolute Gasteiger partial charge is 0.462 e. The van der Waals surface area contributed by atoms with E-state index in [9.17, 15) is 4.79 Å². The SMILES string of the molecule is CCOC(=O)c1cnn2c1nc(Cl)c1ccccc12. The summed E-state index contributed by atoms with van der Waals surface area (Å²) < 4.78 is 6.56. The first-order chi connectivity index (χ1) is 9.22. The number of hydrogen-bond acceptors (Lipinski definition) is 4. The van der Waals surface area contributed by atoms with E-state index in [4.69, 9.17) is 16.3 Å². The summed E-state index contributed by atoms with van der Waals surface area (Å²) in [6.45, 7) is 2.05. The molecule has 2 heterocycles. The molecule has 0 N–H and O–H groups in total. The van der Waals surface area contributed by atoms with Gasteiger partial charge in [0.1, 0.15) is 10.7 Å². The lowest BCUT2D eigenvalue weighted by Gasteiger charge is -2.04. The molecule has 0 aliphatic rings. The molecule has 0 saturated carbocycles. The Balaban J connectivity index is 2.33. The van der Waals surface area contributed by atoms with Gasteiger partial charge in [-0.2, -0.15) is 5.10 Å². The standard InChI is InChI=1S/C13H10ClN3O2/c1-2-19-13(18)9-7-15-17-10-6-4-3-5-8(10)11(14)16-12(9)17/h3-7H,2H2,1H3. The van der Waals surface area contributed by atoms with Crippen molar-refractivity contribution in [3.63, 3.8) is 0 Å². The van der Waals surface area contributed by atoms with Crippen molar-refractivity contribution in [1.29, 1.82) is 0 Å². The fourth-order valence-electron chi connectivity index (χ4n) is 1.96. The number of nitrogens with zero attached hydrogens (tertiary/aromatic N) is 3. The highest BCUT2D eigenvalue weighted by atomic mass is 35.5. The number of carbonyl (C=O) groups is 1. The number of para-hydroxylation sites is 1. The van der Waals surface area contributed by atoms with Crippen molar-refractivity contribution in [3.05, 3.63) is 41.2 Å². The van der Waals surface area contributed by atoms with Crippen LogP contribution in [0.15, 0.2) is 30.5 Å². The Hall–Kier alpha value is -2.14. The Morgan fingerprint density at radius 2 is 2.21 bits per heavy atom. The van der Waals surface area contributed by atoms with Crippen LogP contribution < -0.4 is 0 Å². The highest BCUT2D eigenvalue weighted by Gasteiger charge is 2.17. The third-order valence-electron chi connectivity index (χ3n) is 2.80. The van der Waals surface area contributed by atoms with Gasteiger partial charge in [-0.1, -0.05) is 23.7 Å². The van der Waals surface area contributed by atoms with E-state index in [-0.39, 0.29) is 0 Å². The van der Waals surface area contributed by atoms with E-state index >= 15 is 0 Å². The molecule has 0 saturated heterocycles. The molecular weight excluding hydrogens is 266 g/mol. The van der Waals surface area contributed by atoms with Crippen LogP contribution in [0.5, 0.6) is 0 Å². The van der Waals surface area contributed by atoms with Gasteiger partial charge in [0.15, 0.2) is 5.65 Å². The molecule has 0 radical (unpaired) electrons. The smallest absolute Gasteiger partial charge is 0.343 e.